The third kappa shape index (κ3) is 2.88. The molecule has 0 aliphatic carbocycles. The van der Waals surface area contributed by atoms with Gasteiger partial charge in [0.25, 0.3) is 0 Å². The Labute approximate surface area is 90.6 Å². The Morgan fingerprint density at radius 3 is 3.07 bits per heavy atom. The zero-order valence-corrected chi connectivity index (χ0v) is 8.89. The van der Waals surface area contributed by atoms with E-state index in [-0.39, 0.29) is 0 Å². The van der Waals surface area contributed by atoms with Crippen molar-refractivity contribution in [1.29, 1.82) is 0 Å². The molecular formula is C12H17N3. The minimum atomic E-state index is 0.522. The highest BCUT2D eigenvalue weighted by molar-refractivity contribution is 5.16. The number of pyridine rings is 1. The predicted octanol–water partition coefficient (Wildman–Crippen LogP) is 1.30. The van der Waals surface area contributed by atoms with Crippen LogP contribution in [-0.4, -0.2) is 23.0 Å². The summed E-state index contributed by atoms with van der Waals surface area (Å²) in [5.41, 5.74) is 7.84. The lowest BCUT2D eigenvalue weighted by atomic mass is 10.2. The molecule has 1 aliphatic rings. The van der Waals surface area contributed by atoms with Gasteiger partial charge in [-0.15, -0.1) is 0 Å². The number of hydrogen-bond acceptors (Lipinski definition) is 3. The standard InChI is InChI=1S/C12H17N3/c13-9-12-8-11(4-5-14-12)10-15-6-2-1-3-7-15/h1-2,4-5,8H,3,6-7,9-10,13H2. The highest BCUT2D eigenvalue weighted by Crippen LogP contribution is 2.09. The molecule has 15 heavy (non-hydrogen) atoms. The largest absolute Gasteiger partial charge is 0.325 e. The highest BCUT2D eigenvalue weighted by atomic mass is 15.1. The molecule has 0 atom stereocenters. The SMILES string of the molecule is NCc1cc(CN2CC=CCC2)ccn1. The monoisotopic (exact) mass is 203 g/mol. The number of nitrogens with zero attached hydrogens (tertiary/aromatic N) is 2. The van der Waals surface area contributed by atoms with Gasteiger partial charge in [-0.2, -0.15) is 0 Å². The lowest BCUT2D eigenvalue weighted by molar-refractivity contribution is 0.290. The summed E-state index contributed by atoms with van der Waals surface area (Å²) in [5, 5.41) is 0. The fourth-order valence-corrected chi connectivity index (χ4v) is 1.83. The first-order chi connectivity index (χ1) is 7.38. The van der Waals surface area contributed by atoms with Gasteiger partial charge >= 0.3 is 0 Å². The molecule has 1 aromatic heterocycles. The van der Waals surface area contributed by atoms with E-state index in [0.29, 0.717) is 6.54 Å². The zero-order valence-electron chi connectivity index (χ0n) is 8.89. The van der Waals surface area contributed by atoms with E-state index in [9.17, 15) is 0 Å². The van der Waals surface area contributed by atoms with Crippen LogP contribution in [0.4, 0.5) is 0 Å². The molecule has 3 nitrogen and oxygen atoms in total. The van der Waals surface area contributed by atoms with Gasteiger partial charge in [0.1, 0.15) is 0 Å². The maximum absolute atomic E-state index is 5.56. The molecule has 3 heteroatoms. The van der Waals surface area contributed by atoms with Crippen molar-refractivity contribution < 1.29 is 0 Å². The van der Waals surface area contributed by atoms with Crippen LogP contribution in [0.2, 0.25) is 0 Å². The molecule has 0 spiro atoms. The average molecular weight is 203 g/mol. The van der Waals surface area contributed by atoms with Crippen molar-refractivity contribution >= 4 is 0 Å². The van der Waals surface area contributed by atoms with Crippen LogP contribution in [0.15, 0.2) is 30.5 Å². The van der Waals surface area contributed by atoms with E-state index in [4.69, 9.17) is 5.73 Å². The van der Waals surface area contributed by atoms with E-state index in [1.54, 1.807) is 0 Å². The quantitative estimate of drug-likeness (QED) is 0.753. The summed E-state index contributed by atoms with van der Waals surface area (Å²) in [7, 11) is 0. The van der Waals surface area contributed by atoms with Gasteiger partial charge in [0.2, 0.25) is 0 Å². The fraction of sp³-hybridized carbons (Fsp3) is 0.417. The Kier molecular flexibility index (Phi) is 3.48. The normalized spacial score (nSPS) is 16.9. The van der Waals surface area contributed by atoms with Gasteiger partial charge in [-0.25, -0.2) is 0 Å². The first kappa shape index (κ1) is 10.3. The van der Waals surface area contributed by atoms with E-state index in [1.807, 2.05) is 6.20 Å². The molecule has 0 amide bonds. The van der Waals surface area contributed by atoms with Gasteiger partial charge in [-0.05, 0) is 24.1 Å². The third-order valence-corrected chi connectivity index (χ3v) is 2.64. The average Bonchev–Trinajstić information content (AvgIpc) is 2.31. The smallest absolute Gasteiger partial charge is 0.0542 e. The number of nitrogens with two attached hydrogens (primary N) is 1. The second-order valence-corrected chi connectivity index (χ2v) is 3.85. The van der Waals surface area contributed by atoms with Crippen LogP contribution in [0.25, 0.3) is 0 Å². The van der Waals surface area contributed by atoms with Crippen molar-refractivity contribution in [3.63, 3.8) is 0 Å². The number of aromatic nitrogens is 1. The van der Waals surface area contributed by atoms with E-state index >= 15 is 0 Å². The highest BCUT2D eigenvalue weighted by Gasteiger charge is 2.06. The number of rotatable bonds is 3. The van der Waals surface area contributed by atoms with Gasteiger partial charge in [-0.3, -0.25) is 9.88 Å². The van der Waals surface area contributed by atoms with Crippen molar-refractivity contribution in [2.24, 2.45) is 5.73 Å². The molecule has 0 aromatic carbocycles. The van der Waals surface area contributed by atoms with Crippen LogP contribution in [0, 0.1) is 0 Å². The van der Waals surface area contributed by atoms with Crippen molar-refractivity contribution in [3.8, 4) is 0 Å². The first-order valence-corrected chi connectivity index (χ1v) is 5.40. The summed E-state index contributed by atoms with van der Waals surface area (Å²) < 4.78 is 0. The molecule has 0 unspecified atom stereocenters. The van der Waals surface area contributed by atoms with Crippen LogP contribution < -0.4 is 5.73 Å². The van der Waals surface area contributed by atoms with Crippen LogP contribution in [0.1, 0.15) is 17.7 Å². The van der Waals surface area contributed by atoms with Gasteiger partial charge in [-0.1, -0.05) is 12.2 Å². The maximum Gasteiger partial charge on any atom is 0.0542 e. The van der Waals surface area contributed by atoms with E-state index < -0.39 is 0 Å². The molecule has 1 aliphatic heterocycles. The lowest BCUT2D eigenvalue weighted by Crippen LogP contribution is -2.26. The first-order valence-electron chi connectivity index (χ1n) is 5.40. The molecule has 2 rings (SSSR count). The fourth-order valence-electron chi connectivity index (χ4n) is 1.83. The van der Waals surface area contributed by atoms with Gasteiger partial charge in [0.05, 0.1) is 5.69 Å². The second-order valence-electron chi connectivity index (χ2n) is 3.85. The van der Waals surface area contributed by atoms with Crippen LogP contribution >= 0.6 is 0 Å². The molecule has 0 saturated carbocycles. The molecule has 0 radical (unpaired) electrons. The third-order valence-electron chi connectivity index (χ3n) is 2.64. The van der Waals surface area contributed by atoms with E-state index in [2.05, 4.69) is 34.2 Å². The Hall–Kier alpha value is -1.19. The summed E-state index contributed by atoms with van der Waals surface area (Å²) >= 11 is 0. The summed E-state index contributed by atoms with van der Waals surface area (Å²) in [5.74, 6) is 0. The predicted molar refractivity (Wildman–Crippen MR) is 61.2 cm³/mol. The Bertz CT molecular complexity index is 346. The van der Waals surface area contributed by atoms with Crippen molar-refractivity contribution in [3.05, 3.63) is 41.7 Å². The Morgan fingerprint density at radius 2 is 2.33 bits per heavy atom. The molecule has 2 N–H and O–H groups in total. The van der Waals surface area contributed by atoms with Gasteiger partial charge in [0.15, 0.2) is 0 Å². The summed E-state index contributed by atoms with van der Waals surface area (Å²) in [4.78, 5) is 6.62. The topological polar surface area (TPSA) is 42.1 Å². The van der Waals surface area contributed by atoms with Crippen LogP contribution in [-0.2, 0) is 13.1 Å². The molecule has 0 bridgehead atoms. The molecule has 80 valence electrons. The maximum atomic E-state index is 5.56. The second kappa shape index (κ2) is 5.05. The van der Waals surface area contributed by atoms with Crippen LogP contribution in [0.5, 0.6) is 0 Å². The van der Waals surface area contributed by atoms with Gasteiger partial charge < -0.3 is 5.73 Å². The van der Waals surface area contributed by atoms with E-state index in [1.165, 1.54) is 5.56 Å². The summed E-state index contributed by atoms with van der Waals surface area (Å²) in [6.07, 6.45) is 7.48. The number of hydrogen-bond donors (Lipinski definition) is 1. The minimum Gasteiger partial charge on any atom is -0.325 e. The van der Waals surface area contributed by atoms with Gasteiger partial charge in [0, 0.05) is 32.4 Å². The zero-order chi connectivity index (χ0) is 10.5. The van der Waals surface area contributed by atoms with Crippen molar-refractivity contribution in [1.82, 2.24) is 9.88 Å². The van der Waals surface area contributed by atoms with Crippen molar-refractivity contribution in [2.75, 3.05) is 13.1 Å². The summed E-state index contributed by atoms with van der Waals surface area (Å²) in [6.45, 7) is 3.73. The Morgan fingerprint density at radius 1 is 1.40 bits per heavy atom. The van der Waals surface area contributed by atoms with Crippen LogP contribution in [0.3, 0.4) is 0 Å². The molecule has 2 heterocycles. The Balaban J connectivity index is 2.00. The molecule has 0 fully saturated rings. The van der Waals surface area contributed by atoms with Crippen molar-refractivity contribution in [2.45, 2.75) is 19.5 Å². The minimum absolute atomic E-state index is 0.522. The molecule has 0 saturated heterocycles. The lowest BCUT2D eigenvalue weighted by Gasteiger charge is -2.22. The molecular weight excluding hydrogens is 186 g/mol. The summed E-state index contributed by atoms with van der Waals surface area (Å²) in [6, 6.07) is 4.16. The van der Waals surface area contributed by atoms with E-state index in [0.717, 1.165) is 31.7 Å². The molecule has 1 aromatic rings.